The van der Waals surface area contributed by atoms with Crippen LogP contribution in [0.5, 0.6) is 0 Å². The van der Waals surface area contributed by atoms with E-state index in [1.807, 2.05) is 28.8 Å². The second-order valence-electron chi connectivity index (χ2n) is 5.86. The van der Waals surface area contributed by atoms with Crippen LogP contribution in [0.15, 0.2) is 40.2 Å². The maximum atomic E-state index is 12.5. The lowest BCUT2D eigenvalue weighted by atomic mass is 10.3. The van der Waals surface area contributed by atoms with Gasteiger partial charge in [-0.3, -0.25) is 14.9 Å². The first kappa shape index (κ1) is 18.6. The number of para-hydroxylation sites is 2. The molecule has 0 fully saturated rings. The highest BCUT2D eigenvalue weighted by Gasteiger charge is 2.20. The molecule has 1 unspecified atom stereocenters. The number of anilines is 1. The number of aryl methyl sites for hydroxylation is 1. The van der Waals surface area contributed by atoms with Crippen LogP contribution in [0.3, 0.4) is 0 Å². The quantitative estimate of drug-likeness (QED) is 0.614. The average Bonchev–Trinajstić information content (AvgIpc) is 3.19. The van der Waals surface area contributed by atoms with Gasteiger partial charge in [0.25, 0.3) is 5.91 Å². The molecule has 26 heavy (non-hydrogen) atoms. The van der Waals surface area contributed by atoms with Gasteiger partial charge >= 0.3 is 0 Å². The molecule has 2 aromatic heterocycles. The van der Waals surface area contributed by atoms with Crippen LogP contribution in [0.1, 0.15) is 29.9 Å². The molecular weight excluding hydrogens is 416 g/mol. The zero-order valence-corrected chi connectivity index (χ0v) is 16.9. The van der Waals surface area contributed by atoms with Gasteiger partial charge in [-0.05, 0) is 53.5 Å². The molecule has 8 heteroatoms. The molecule has 3 rings (SSSR count). The molecule has 0 bridgehead atoms. The summed E-state index contributed by atoms with van der Waals surface area (Å²) >= 11 is 4.65. The molecule has 0 radical (unpaired) electrons. The predicted molar refractivity (Wildman–Crippen MR) is 108 cm³/mol. The summed E-state index contributed by atoms with van der Waals surface area (Å²) < 4.78 is 2.85. The fraction of sp³-hybridized carbons (Fsp3) is 0.278. The van der Waals surface area contributed by atoms with Crippen molar-refractivity contribution in [1.82, 2.24) is 14.9 Å². The van der Waals surface area contributed by atoms with Crippen LogP contribution in [0.25, 0.3) is 11.0 Å². The molecule has 1 atom stereocenters. The van der Waals surface area contributed by atoms with Crippen LogP contribution in [-0.2, 0) is 11.3 Å². The summed E-state index contributed by atoms with van der Waals surface area (Å²) in [5.41, 5.74) is 1.81. The summed E-state index contributed by atoms with van der Waals surface area (Å²) in [6.45, 7) is 4.48. The number of hydrogen-bond donors (Lipinski definition) is 2. The summed E-state index contributed by atoms with van der Waals surface area (Å²) in [7, 11) is 0. The van der Waals surface area contributed by atoms with E-state index in [2.05, 4.69) is 38.5 Å². The first-order valence-corrected chi connectivity index (χ1v) is 9.93. The molecule has 2 heterocycles. The minimum atomic E-state index is -0.682. The second-order valence-corrected chi connectivity index (χ2v) is 8.33. The number of nitrogens with one attached hydrogen (secondary N) is 2. The van der Waals surface area contributed by atoms with Crippen molar-refractivity contribution in [3.05, 3.63) is 45.1 Å². The Labute approximate surface area is 163 Å². The number of hydrogen-bond acceptors (Lipinski definition) is 4. The maximum Gasteiger partial charge on any atom is 0.262 e. The van der Waals surface area contributed by atoms with Gasteiger partial charge in [-0.25, -0.2) is 4.98 Å². The lowest BCUT2D eigenvalue weighted by molar-refractivity contribution is -0.117. The number of benzene rings is 1. The number of halogens is 1. The van der Waals surface area contributed by atoms with Gasteiger partial charge in [0.2, 0.25) is 11.9 Å². The molecule has 136 valence electrons. The minimum Gasteiger partial charge on any atom is -0.340 e. The van der Waals surface area contributed by atoms with E-state index in [1.54, 1.807) is 19.1 Å². The molecule has 0 aliphatic rings. The van der Waals surface area contributed by atoms with Gasteiger partial charge in [0.15, 0.2) is 0 Å². The summed E-state index contributed by atoms with van der Waals surface area (Å²) in [4.78, 5) is 29.8. The Kier molecular flexibility index (Phi) is 5.73. The second kappa shape index (κ2) is 8.01. The van der Waals surface area contributed by atoms with Crippen LogP contribution < -0.4 is 10.6 Å². The first-order valence-electron chi connectivity index (χ1n) is 8.32. The monoisotopic (exact) mass is 434 g/mol. The average molecular weight is 435 g/mol. The number of carbonyl (C=O) groups excluding carboxylic acids is 2. The van der Waals surface area contributed by atoms with Gasteiger partial charge in [0, 0.05) is 6.54 Å². The van der Waals surface area contributed by atoms with Crippen molar-refractivity contribution >= 4 is 56.1 Å². The summed E-state index contributed by atoms with van der Waals surface area (Å²) in [6, 6.07) is 10.6. The summed E-state index contributed by atoms with van der Waals surface area (Å²) in [5.74, 6) is -0.0786. The number of imidazole rings is 1. The van der Waals surface area contributed by atoms with E-state index in [9.17, 15) is 9.59 Å². The molecule has 0 spiro atoms. The Bertz CT molecular complexity index is 950. The van der Waals surface area contributed by atoms with Gasteiger partial charge < -0.3 is 9.88 Å². The van der Waals surface area contributed by atoms with Gasteiger partial charge in [-0.15, -0.1) is 11.3 Å². The largest absolute Gasteiger partial charge is 0.340 e. The fourth-order valence-corrected chi connectivity index (χ4v) is 3.90. The lowest BCUT2D eigenvalue weighted by Crippen LogP contribution is -2.41. The van der Waals surface area contributed by atoms with Crippen molar-refractivity contribution in [3.63, 3.8) is 0 Å². The summed E-state index contributed by atoms with van der Waals surface area (Å²) in [5, 5.41) is 5.56. The lowest BCUT2D eigenvalue weighted by Gasteiger charge is -2.14. The van der Waals surface area contributed by atoms with Gasteiger partial charge in [0.1, 0.15) is 6.04 Å². The number of rotatable bonds is 6. The molecular formula is C18H19BrN4O2S. The van der Waals surface area contributed by atoms with Crippen LogP contribution in [0, 0.1) is 0 Å². The Morgan fingerprint density at radius 1 is 1.27 bits per heavy atom. The molecule has 0 saturated heterocycles. The van der Waals surface area contributed by atoms with Gasteiger partial charge in [-0.2, -0.15) is 0 Å². The van der Waals surface area contributed by atoms with Crippen molar-refractivity contribution in [3.8, 4) is 0 Å². The minimum absolute atomic E-state index is 0.273. The first-order chi connectivity index (χ1) is 12.5. The number of fused-ring (bicyclic) bond motifs is 1. The fourth-order valence-electron chi connectivity index (χ4n) is 2.61. The van der Waals surface area contributed by atoms with Crippen molar-refractivity contribution in [2.24, 2.45) is 0 Å². The van der Waals surface area contributed by atoms with E-state index >= 15 is 0 Å². The van der Waals surface area contributed by atoms with E-state index in [1.165, 1.54) is 11.3 Å². The van der Waals surface area contributed by atoms with Gasteiger partial charge in [-0.1, -0.05) is 19.1 Å². The topological polar surface area (TPSA) is 76.0 Å². The van der Waals surface area contributed by atoms with E-state index in [4.69, 9.17) is 0 Å². The zero-order valence-electron chi connectivity index (χ0n) is 14.5. The van der Waals surface area contributed by atoms with Crippen molar-refractivity contribution in [2.45, 2.75) is 32.9 Å². The molecule has 2 amide bonds. The molecule has 2 N–H and O–H groups in total. The molecule has 6 nitrogen and oxygen atoms in total. The van der Waals surface area contributed by atoms with Crippen LogP contribution in [0.2, 0.25) is 0 Å². The smallest absolute Gasteiger partial charge is 0.262 e. The number of nitrogens with zero attached hydrogens (tertiary/aromatic N) is 2. The number of aromatic nitrogens is 2. The van der Waals surface area contributed by atoms with Crippen LogP contribution in [0.4, 0.5) is 5.95 Å². The Hall–Kier alpha value is -2.19. The third-order valence-corrected chi connectivity index (χ3v) is 5.50. The number of thiophene rings is 1. The van der Waals surface area contributed by atoms with E-state index in [0.717, 1.165) is 27.8 Å². The maximum absolute atomic E-state index is 12.5. The summed E-state index contributed by atoms with van der Waals surface area (Å²) in [6.07, 6.45) is 0.919. The van der Waals surface area contributed by atoms with E-state index in [0.29, 0.717) is 10.8 Å². The Morgan fingerprint density at radius 2 is 2.04 bits per heavy atom. The van der Waals surface area contributed by atoms with E-state index < -0.39 is 6.04 Å². The molecule has 0 saturated carbocycles. The molecule has 0 aliphatic heterocycles. The Balaban J connectivity index is 1.73. The van der Waals surface area contributed by atoms with Crippen molar-refractivity contribution in [2.75, 3.05) is 5.32 Å². The standard InChI is InChI=1S/C18H19BrN4O2S/c1-3-10-23-13-7-5-4-6-12(13)21-18(23)22-16(24)11(2)20-17(25)14-8-9-15(19)26-14/h4-9,11H,3,10H2,1-2H3,(H,20,25)(H,21,22,24). The highest BCUT2D eigenvalue weighted by molar-refractivity contribution is 9.11. The molecule has 1 aromatic carbocycles. The van der Waals surface area contributed by atoms with Gasteiger partial charge in [0.05, 0.1) is 19.7 Å². The molecule has 0 aliphatic carbocycles. The number of carbonyl (C=O) groups is 2. The third-order valence-electron chi connectivity index (χ3n) is 3.87. The normalized spacial score (nSPS) is 12.1. The zero-order chi connectivity index (χ0) is 18.7. The van der Waals surface area contributed by atoms with Crippen LogP contribution >= 0.6 is 27.3 Å². The van der Waals surface area contributed by atoms with Crippen molar-refractivity contribution in [1.29, 1.82) is 0 Å². The highest BCUT2D eigenvalue weighted by atomic mass is 79.9. The van der Waals surface area contributed by atoms with Crippen LogP contribution in [-0.4, -0.2) is 27.4 Å². The van der Waals surface area contributed by atoms with E-state index in [-0.39, 0.29) is 11.8 Å². The molecule has 3 aromatic rings. The number of amides is 2. The SMILES string of the molecule is CCCn1c(NC(=O)C(C)NC(=O)c2ccc(Br)s2)nc2ccccc21. The predicted octanol–water partition coefficient (Wildman–Crippen LogP) is 4.03. The highest BCUT2D eigenvalue weighted by Crippen LogP contribution is 2.22. The van der Waals surface area contributed by atoms with Crippen molar-refractivity contribution < 1.29 is 9.59 Å². The Morgan fingerprint density at radius 3 is 2.73 bits per heavy atom. The third kappa shape index (κ3) is 3.96.